The fourth-order valence-electron chi connectivity index (χ4n) is 1.93. The average Bonchev–Trinajstić information content (AvgIpc) is 2.79. The third-order valence-corrected chi connectivity index (χ3v) is 4.79. The maximum atomic E-state index is 10.1. The maximum absolute atomic E-state index is 10.1. The van der Waals surface area contributed by atoms with Crippen LogP contribution in [0.25, 0.3) is 0 Å². The van der Waals surface area contributed by atoms with Crippen LogP contribution < -0.4 is 0 Å². The molecule has 0 saturated heterocycles. The number of rotatable bonds is 1. The van der Waals surface area contributed by atoms with E-state index in [0.717, 1.165) is 6.54 Å². The molecule has 0 spiro atoms. The molecule has 19 heteroatoms. The van der Waals surface area contributed by atoms with Gasteiger partial charge in [-0.05, 0) is 32.6 Å². The molecule has 0 aromatic heterocycles. The number of alkyl halides is 1. The van der Waals surface area contributed by atoms with E-state index in [1.165, 1.54) is 25.7 Å². The van der Waals surface area contributed by atoms with E-state index < -0.39 is 29.6 Å². The van der Waals surface area contributed by atoms with E-state index >= 15 is 0 Å². The van der Waals surface area contributed by atoms with Crippen LogP contribution in [0.1, 0.15) is 32.6 Å². The summed E-state index contributed by atoms with van der Waals surface area (Å²) in [6.07, 6.45) is 5.40. The lowest BCUT2D eigenvalue weighted by Gasteiger charge is -2.24. The van der Waals surface area contributed by atoms with Crippen LogP contribution in [0.2, 0.25) is 0 Å². The first-order valence-electron chi connectivity index (χ1n) is 7.56. The second kappa shape index (κ2) is 20.3. The maximum Gasteiger partial charge on any atom is 0.674 e. The Morgan fingerprint density at radius 2 is 1.18 bits per heavy atom. The number of hydrogen-bond acceptors (Lipinski definition) is 10. The summed E-state index contributed by atoms with van der Waals surface area (Å²) in [5, 5.41) is 55.6. The van der Waals surface area contributed by atoms with Gasteiger partial charge in [0.05, 0.1) is 0 Å². The molecule has 2 rings (SSSR count). The molecule has 0 bridgehead atoms. The van der Waals surface area contributed by atoms with Crippen LogP contribution in [0.4, 0.5) is 17.3 Å². The standard InChI is InChI=1S/C9H14BrNS.4BFH2O2/c1-2-11-7-5-3-4-6-8(7)12-9(11)10;4*2-1(3)4/h9H,2-6H2,1H3;4*3-4H. The zero-order valence-electron chi connectivity index (χ0n) is 14.7. The molecule has 0 amide bonds. The highest BCUT2D eigenvalue weighted by Crippen LogP contribution is 2.47. The van der Waals surface area contributed by atoms with Gasteiger partial charge in [-0.15, -0.1) is 0 Å². The Kier molecular flexibility index (Phi) is 23.7. The molecule has 0 fully saturated rings. The second-order valence-corrected chi connectivity index (χ2v) is 7.16. The Morgan fingerprint density at radius 3 is 1.50 bits per heavy atom. The zero-order valence-corrected chi connectivity index (χ0v) is 17.1. The van der Waals surface area contributed by atoms with Crippen LogP contribution in [-0.4, -0.2) is 85.5 Å². The van der Waals surface area contributed by atoms with Gasteiger partial charge < -0.3 is 45.1 Å². The van der Waals surface area contributed by atoms with Crippen molar-refractivity contribution in [1.29, 1.82) is 0 Å². The summed E-state index contributed by atoms with van der Waals surface area (Å²) in [5.74, 6) is 0. The van der Waals surface area contributed by atoms with Crippen molar-refractivity contribution in [2.45, 2.75) is 36.9 Å². The molecule has 8 N–H and O–H groups in total. The number of thioether (sulfide) groups is 1. The highest BCUT2D eigenvalue weighted by Gasteiger charge is 2.30. The van der Waals surface area contributed by atoms with Crippen LogP contribution in [0.3, 0.4) is 0 Å². The number of halogens is 5. The van der Waals surface area contributed by atoms with Crippen LogP contribution in [0.15, 0.2) is 10.6 Å². The Balaban J connectivity index is -0.000000328. The first-order valence-corrected chi connectivity index (χ1v) is 9.35. The van der Waals surface area contributed by atoms with Crippen molar-refractivity contribution in [1.82, 2.24) is 4.90 Å². The largest absolute Gasteiger partial charge is 0.674 e. The van der Waals surface area contributed by atoms with E-state index in [1.54, 1.807) is 10.6 Å². The van der Waals surface area contributed by atoms with Gasteiger partial charge in [0, 0.05) is 17.1 Å². The summed E-state index contributed by atoms with van der Waals surface area (Å²) < 4.78 is 41.0. The molecule has 1 atom stereocenters. The van der Waals surface area contributed by atoms with Gasteiger partial charge in [0.2, 0.25) is 0 Å². The lowest BCUT2D eigenvalue weighted by molar-refractivity contribution is 0.338. The van der Waals surface area contributed by atoms with Gasteiger partial charge >= 0.3 is 29.6 Å². The summed E-state index contributed by atoms with van der Waals surface area (Å²) >= 11 is 5.71. The van der Waals surface area contributed by atoms with Crippen molar-refractivity contribution in [2.24, 2.45) is 0 Å². The van der Waals surface area contributed by atoms with Crippen molar-refractivity contribution < 1.29 is 57.5 Å². The van der Waals surface area contributed by atoms with Crippen molar-refractivity contribution in [3.05, 3.63) is 10.6 Å². The Morgan fingerprint density at radius 1 is 0.857 bits per heavy atom. The van der Waals surface area contributed by atoms with Gasteiger partial charge in [0.15, 0.2) is 0 Å². The minimum absolute atomic E-state index is 0.519. The summed E-state index contributed by atoms with van der Waals surface area (Å²) in [4.78, 5) is 4.13. The molecule has 9 nitrogen and oxygen atoms in total. The minimum atomic E-state index is -2.67. The van der Waals surface area contributed by atoms with E-state index in [4.69, 9.17) is 40.2 Å². The third kappa shape index (κ3) is 26.0. The van der Waals surface area contributed by atoms with Gasteiger partial charge in [-0.1, -0.05) is 27.7 Å². The van der Waals surface area contributed by atoms with E-state index in [-0.39, 0.29) is 0 Å². The molecular weight excluding hydrogens is 481 g/mol. The fraction of sp³-hybridized carbons (Fsp3) is 0.778. The molecule has 164 valence electrons. The number of nitrogens with zero attached hydrogens (tertiary/aromatic N) is 1. The highest BCUT2D eigenvalue weighted by molar-refractivity contribution is 9.11. The van der Waals surface area contributed by atoms with Crippen LogP contribution >= 0.6 is 27.7 Å². The van der Waals surface area contributed by atoms with E-state index in [9.17, 15) is 17.3 Å². The number of hydrogen-bond donors (Lipinski definition) is 8. The summed E-state index contributed by atoms with van der Waals surface area (Å²) in [5.41, 5.74) is 1.62. The molecule has 1 unspecified atom stereocenters. The molecule has 1 heterocycles. The normalized spacial score (nSPS) is 16.5. The molecule has 1 aliphatic carbocycles. The smallest absolute Gasteiger partial charge is 0.398 e. The van der Waals surface area contributed by atoms with Gasteiger partial charge in [0.25, 0.3) is 0 Å². The van der Waals surface area contributed by atoms with Gasteiger partial charge in [-0.25, -0.2) is 0 Å². The third-order valence-electron chi connectivity index (χ3n) is 2.56. The quantitative estimate of drug-likeness (QED) is 0.0985. The molecule has 0 saturated carbocycles. The van der Waals surface area contributed by atoms with Crippen molar-refractivity contribution in [3.8, 4) is 0 Å². The van der Waals surface area contributed by atoms with E-state index in [2.05, 4.69) is 27.8 Å². The Labute approximate surface area is 174 Å². The highest BCUT2D eigenvalue weighted by atomic mass is 79.9. The topological polar surface area (TPSA) is 165 Å². The predicted molar refractivity (Wildman–Crippen MR) is 103 cm³/mol. The predicted octanol–water partition coefficient (Wildman–Crippen LogP) is -0.779. The molecule has 2 aliphatic rings. The first-order chi connectivity index (χ1) is 12.8. The molecule has 28 heavy (non-hydrogen) atoms. The molecule has 1 aliphatic heterocycles. The van der Waals surface area contributed by atoms with E-state index in [0.29, 0.717) is 4.28 Å². The van der Waals surface area contributed by atoms with Crippen LogP contribution in [-0.2, 0) is 0 Å². The van der Waals surface area contributed by atoms with Gasteiger partial charge in [-0.2, -0.15) is 0 Å². The summed E-state index contributed by atoms with van der Waals surface area (Å²) in [6.45, 7) is 3.38. The number of allylic oxidation sites excluding steroid dienone is 2. The molecule has 0 radical (unpaired) electrons. The van der Waals surface area contributed by atoms with Crippen LogP contribution in [0, 0.1) is 0 Å². The summed E-state index contributed by atoms with van der Waals surface area (Å²) in [7, 11) is -10.7. The lowest BCUT2D eigenvalue weighted by atomic mass is 10.0. The molecule has 0 aromatic rings. The Bertz CT molecular complexity index is 374. The minimum Gasteiger partial charge on any atom is -0.398 e. The fourth-order valence-corrected chi connectivity index (χ4v) is 4.40. The van der Waals surface area contributed by atoms with Gasteiger partial charge in [0.1, 0.15) is 4.28 Å². The molecule has 0 aromatic carbocycles. The zero-order chi connectivity index (χ0) is 22.9. The van der Waals surface area contributed by atoms with Crippen molar-refractivity contribution in [3.63, 3.8) is 0 Å². The van der Waals surface area contributed by atoms with Crippen molar-refractivity contribution >= 4 is 57.3 Å². The van der Waals surface area contributed by atoms with E-state index in [1.807, 2.05) is 11.8 Å². The monoisotopic (exact) mass is 503 g/mol. The Hall–Kier alpha value is 0.0297. The molecular formula is C9H22B4BrF4NO8S. The lowest BCUT2D eigenvalue weighted by Crippen LogP contribution is -2.24. The van der Waals surface area contributed by atoms with Crippen molar-refractivity contribution in [2.75, 3.05) is 6.54 Å². The first kappa shape index (κ1) is 32.7. The average molecular weight is 503 g/mol. The van der Waals surface area contributed by atoms with Crippen LogP contribution in [0.5, 0.6) is 0 Å². The second-order valence-electron chi connectivity index (χ2n) is 4.52. The SMILES string of the molecule is CCN1C2=C(CCCC2)SC1Br.OB(O)F.OB(O)F.OB(O)F.OB(O)F. The summed E-state index contributed by atoms with van der Waals surface area (Å²) in [6, 6.07) is 0. The van der Waals surface area contributed by atoms with Gasteiger partial charge in [-0.3, -0.25) is 17.3 Å².